The Kier molecular flexibility index (Phi) is 7.82. The summed E-state index contributed by atoms with van der Waals surface area (Å²) >= 11 is 12.0. The first-order valence-electron chi connectivity index (χ1n) is 9.88. The molecule has 31 heavy (non-hydrogen) atoms. The Hall–Kier alpha value is -1.84. The summed E-state index contributed by atoms with van der Waals surface area (Å²) < 4.78 is 33.4. The van der Waals surface area contributed by atoms with Crippen molar-refractivity contribution < 1.29 is 17.9 Å². The Labute approximate surface area is 192 Å². The average Bonchev–Trinajstić information content (AvgIpc) is 2.67. The van der Waals surface area contributed by atoms with E-state index in [9.17, 15) is 13.2 Å². The van der Waals surface area contributed by atoms with Crippen molar-refractivity contribution in [2.45, 2.75) is 37.4 Å². The molecule has 1 aliphatic heterocycles. The number of hydrogen-bond acceptors (Lipinski definition) is 5. The molecule has 1 fully saturated rings. The molecule has 1 amide bonds. The Morgan fingerprint density at radius 2 is 1.68 bits per heavy atom. The van der Waals surface area contributed by atoms with Gasteiger partial charge < -0.3 is 10.1 Å². The monoisotopic (exact) mass is 485 g/mol. The number of amides is 1. The van der Waals surface area contributed by atoms with Crippen molar-refractivity contribution in [3.8, 4) is 0 Å². The molecule has 0 saturated carbocycles. The Balaban J connectivity index is 1.59. The molecule has 0 bridgehead atoms. The van der Waals surface area contributed by atoms with Gasteiger partial charge >= 0.3 is 0 Å². The highest BCUT2D eigenvalue weighted by molar-refractivity contribution is 7.92. The zero-order valence-corrected chi connectivity index (χ0v) is 19.6. The smallest absolute Gasteiger partial charge is 0.263 e. The van der Waals surface area contributed by atoms with Crippen LogP contribution in [-0.2, 0) is 19.6 Å². The van der Waals surface area contributed by atoms with Crippen molar-refractivity contribution >= 4 is 50.5 Å². The Morgan fingerprint density at radius 3 is 2.29 bits per heavy atom. The molecule has 1 saturated heterocycles. The number of halogens is 2. The summed E-state index contributed by atoms with van der Waals surface area (Å²) in [5.74, 6) is -0.169. The molecule has 1 heterocycles. The first kappa shape index (κ1) is 23.8. The number of ether oxygens (including phenoxy) is 1. The molecule has 0 radical (unpaired) electrons. The molecule has 10 heteroatoms. The zero-order chi connectivity index (χ0) is 22.6. The first-order chi connectivity index (χ1) is 14.6. The predicted molar refractivity (Wildman–Crippen MR) is 123 cm³/mol. The second kappa shape index (κ2) is 10.2. The van der Waals surface area contributed by atoms with Gasteiger partial charge in [0.15, 0.2) is 0 Å². The van der Waals surface area contributed by atoms with Gasteiger partial charge in [0.2, 0.25) is 5.91 Å². The van der Waals surface area contributed by atoms with E-state index in [-0.39, 0.29) is 28.0 Å². The minimum absolute atomic E-state index is 0.00934. The van der Waals surface area contributed by atoms with E-state index in [2.05, 4.69) is 14.9 Å². The maximum Gasteiger partial charge on any atom is 0.263 e. The largest absolute Gasteiger partial charge is 0.373 e. The molecular formula is C21H25Cl2N3O4S. The van der Waals surface area contributed by atoms with Crippen molar-refractivity contribution in [3.63, 3.8) is 0 Å². The van der Waals surface area contributed by atoms with Crippen molar-refractivity contribution in [2.24, 2.45) is 0 Å². The summed E-state index contributed by atoms with van der Waals surface area (Å²) in [6, 6.07) is 10.6. The number of sulfonamides is 1. The summed E-state index contributed by atoms with van der Waals surface area (Å²) in [5.41, 5.74) is 0.800. The third kappa shape index (κ3) is 6.82. The zero-order valence-electron chi connectivity index (χ0n) is 17.3. The molecule has 0 aromatic heterocycles. The van der Waals surface area contributed by atoms with E-state index in [1.54, 1.807) is 24.3 Å². The summed E-state index contributed by atoms with van der Waals surface area (Å²) in [4.78, 5) is 14.4. The van der Waals surface area contributed by atoms with E-state index in [0.29, 0.717) is 29.4 Å². The van der Waals surface area contributed by atoms with Gasteiger partial charge in [0.25, 0.3) is 10.0 Å². The number of benzene rings is 2. The molecule has 3 rings (SSSR count). The second-order valence-electron chi connectivity index (χ2n) is 7.57. The molecule has 2 atom stereocenters. The SMILES string of the molecule is C[C@@H]1CN(CCC(=O)Nc2ccc(S(=O)(=O)Nc3ccc(Cl)cc3)c(Cl)c2)C[C@@H](C)O1. The van der Waals surface area contributed by atoms with Crippen LogP contribution >= 0.6 is 23.2 Å². The van der Waals surface area contributed by atoms with E-state index in [1.165, 1.54) is 18.2 Å². The highest BCUT2D eigenvalue weighted by Gasteiger charge is 2.23. The number of hydrogen-bond donors (Lipinski definition) is 2. The van der Waals surface area contributed by atoms with Gasteiger partial charge in [-0.05, 0) is 56.3 Å². The Morgan fingerprint density at radius 1 is 1.06 bits per heavy atom. The van der Waals surface area contributed by atoms with Crippen LogP contribution in [0.4, 0.5) is 11.4 Å². The van der Waals surface area contributed by atoms with Gasteiger partial charge in [-0.1, -0.05) is 23.2 Å². The van der Waals surface area contributed by atoms with Crippen LogP contribution in [0, 0.1) is 0 Å². The highest BCUT2D eigenvalue weighted by atomic mass is 35.5. The van der Waals surface area contributed by atoms with Gasteiger partial charge in [-0.3, -0.25) is 14.4 Å². The van der Waals surface area contributed by atoms with Crippen molar-refractivity contribution in [3.05, 3.63) is 52.5 Å². The number of nitrogens with one attached hydrogen (secondary N) is 2. The summed E-state index contributed by atoms with van der Waals surface area (Å²) in [6.45, 7) is 6.23. The topological polar surface area (TPSA) is 87.7 Å². The molecule has 0 unspecified atom stereocenters. The lowest BCUT2D eigenvalue weighted by molar-refractivity contribution is -0.117. The first-order valence-corrected chi connectivity index (χ1v) is 12.1. The average molecular weight is 486 g/mol. The summed E-state index contributed by atoms with van der Waals surface area (Å²) in [5, 5.41) is 3.28. The van der Waals surface area contributed by atoms with Gasteiger partial charge in [0, 0.05) is 42.5 Å². The van der Waals surface area contributed by atoms with Crippen LogP contribution in [0.5, 0.6) is 0 Å². The number of rotatable bonds is 7. The molecule has 0 spiro atoms. The Bertz CT molecular complexity index is 1020. The lowest BCUT2D eigenvalue weighted by atomic mass is 10.2. The maximum absolute atomic E-state index is 12.6. The number of carbonyl (C=O) groups is 1. The number of nitrogens with zero attached hydrogens (tertiary/aromatic N) is 1. The van der Waals surface area contributed by atoms with Crippen LogP contribution in [0.25, 0.3) is 0 Å². The fourth-order valence-electron chi connectivity index (χ4n) is 3.47. The highest BCUT2D eigenvalue weighted by Crippen LogP contribution is 2.27. The number of carbonyl (C=O) groups excluding carboxylic acids is 1. The molecule has 7 nitrogen and oxygen atoms in total. The normalized spacial score (nSPS) is 19.7. The van der Waals surface area contributed by atoms with Gasteiger partial charge in [-0.2, -0.15) is 0 Å². The number of anilines is 2. The number of morpholine rings is 1. The van der Waals surface area contributed by atoms with Gasteiger partial charge in [0.1, 0.15) is 4.90 Å². The van der Waals surface area contributed by atoms with Crippen LogP contribution in [0.15, 0.2) is 47.4 Å². The quantitative estimate of drug-likeness (QED) is 0.612. The molecule has 0 aliphatic carbocycles. The minimum atomic E-state index is -3.89. The van der Waals surface area contributed by atoms with Gasteiger partial charge in [0.05, 0.1) is 17.2 Å². The van der Waals surface area contributed by atoms with E-state index < -0.39 is 10.0 Å². The van der Waals surface area contributed by atoms with Crippen molar-refractivity contribution in [1.29, 1.82) is 0 Å². The van der Waals surface area contributed by atoms with Crippen LogP contribution in [0.3, 0.4) is 0 Å². The lowest BCUT2D eigenvalue weighted by Gasteiger charge is -2.35. The third-order valence-electron chi connectivity index (χ3n) is 4.75. The van der Waals surface area contributed by atoms with Gasteiger partial charge in [-0.25, -0.2) is 8.42 Å². The van der Waals surface area contributed by atoms with Crippen LogP contribution in [0.2, 0.25) is 10.0 Å². The van der Waals surface area contributed by atoms with E-state index in [4.69, 9.17) is 27.9 Å². The molecule has 2 aromatic carbocycles. The molecule has 1 aliphatic rings. The van der Waals surface area contributed by atoms with Crippen LogP contribution in [0.1, 0.15) is 20.3 Å². The van der Waals surface area contributed by atoms with Gasteiger partial charge in [-0.15, -0.1) is 0 Å². The van der Waals surface area contributed by atoms with E-state index >= 15 is 0 Å². The van der Waals surface area contributed by atoms with Crippen LogP contribution in [-0.4, -0.2) is 51.1 Å². The summed E-state index contributed by atoms with van der Waals surface area (Å²) in [7, 11) is -3.89. The molecule has 2 aromatic rings. The predicted octanol–water partition coefficient (Wildman–Crippen LogP) is 4.23. The fourth-order valence-corrected chi connectivity index (χ4v) is 5.21. The maximum atomic E-state index is 12.6. The second-order valence-corrected chi connectivity index (χ2v) is 10.1. The standard InChI is InChI=1S/C21H25Cl2N3O4S/c1-14-12-26(13-15(2)30-14)10-9-21(27)24-18-7-8-20(19(23)11-18)31(28,29)25-17-5-3-16(22)4-6-17/h3-8,11,14-15,25H,9-10,12-13H2,1-2H3,(H,24,27)/t14-,15-/m1/s1. The van der Waals surface area contributed by atoms with Crippen LogP contribution < -0.4 is 10.0 Å². The fraction of sp³-hybridized carbons (Fsp3) is 0.381. The molecule has 168 valence electrons. The minimum Gasteiger partial charge on any atom is -0.373 e. The van der Waals surface area contributed by atoms with E-state index in [0.717, 1.165) is 13.1 Å². The van der Waals surface area contributed by atoms with E-state index in [1.807, 2.05) is 13.8 Å². The summed E-state index contributed by atoms with van der Waals surface area (Å²) in [6.07, 6.45) is 0.595. The van der Waals surface area contributed by atoms with Crippen molar-refractivity contribution in [1.82, 2.24) is 4.90 Å². The molecule has 2 N–H and O–H groups in total. The lowest BCUT2D eigenvalue weighted by Crippen LogP contribution is -2.46. The third-order valence-corrected chi connectivity index (χ3v) is 6.87. The molecular weight excluding hydrogens is 461 g/mol. The van der Waals surface area contributed by atoms with Crippen molar-refractivity contribution in [2.75, 3.05) is 29.7 Å².